The summed E-state index contributed by atoms with van der Waals surface area (Å²) >= 11 is 0. The summed E-state index contributed by atoms with van der Waals surface area (Å²) in [6.07, 6.45) is 2.97. The highest BCUT2D eigenvalue weighted by atomic mass is 14.9. The Bertz CT molecular complexity index is 158. The first-order chi connectivity index (χ1) is 4.38. The van der Waals surface area contributed by atoms with Gasteiger partial charge >= 0.3 is 0 Å². The van der Waals surface area contributed by atoms with Crippen LogP contribution in [0.25, 0.3) is 0 Å². The van der Waals surface area contributed by atoms with Crippen molar-refractivity contribution in [1.29, 1.82) is 0 Å². The van der Waals surface area contributed by atoms with E-state index in [-0.39, 0.29) is 0 Å². The molecule has 0 spiro atoms. The maximum atomic E-state index is 3.82. The average Bonchev–Trinajstić information content (AvgIpc) is 2.33. The minimum absolute atomic E-state index is 0.890. The molecule has 0 aliphatic heterocycles. The quantitative estimate of drug-likeness (QED) is 0.564. The van der Waals surface area contributed by atoms with Crippen LogP contribution in [0.4, 0.5) is 0 Å². The summed E-state index contributed by atoms with van der Waals surface area (Å²) in [6, 6.07) is 4.17. The zero-order valence-electron chi connectivity index (χ0n) is 5.80. The van der Waals surface area contributed by atoms with E-state index in [1.165, 1.54) is 5.69 Å². The molecule has 1 radical (unpaired) electrons. The SMILES string of the molecule is [CH2]Cc1cccn1CC. The third kappa shape index (κ3) is 1.15. The van der Waals surface area contributed by atoms with Gasteiger partial charge in [0.15, 0.2) is 0 Å². The Morgan fingerprint density at radius 3 is 2.89 bits per heavy atom. The van der Waals surface area contributed by atoms with Crippen molar-refractivity contribution in [3.63, 3.8) is 0 Å². The van der Waals surface area contributed by atoms with Crippen molar-refractivity contribution in [2.24, 2.45) is 0 Å². The van der Waals surface area contributed by atoms with Gasteiger partial charge in [-0.3, -0.25) is 0 Å². The van der Waals surface area contributed by atoms with Gasteiger partial charge in [0.25, 0.3) is 0 Å². The maximum Gasteiger partial charge on any atom is 0.0193 e. The van der Waals surface area contributed by atoms with Gasteiger partial charge in [0.1, 0.15) is 0 Å². The molecule has 0 N–H and O–H groups in total. The molecule has 0 atom stereocenters. The average molecular weight is 122 g/mol. The lowest BCUT2D eigenvalue weighted by Crippen LogP contribution is -1.96. The lowest BCUT2D eigenvalue weighted by molar-refractivity contribution is 0.730. The molecule has 1 heteroatoms. The Hall–Kier alpha value is -0.720. The molecule has 0 unspecified atom stereocenters. The van der Waals surface area contributed by atoms with E-state index in [4.69, 9.17) is 0 Å². The summed E-state index contributed by atoms with van der Waals surface area (Å²) in [7, 11) is 0. The van der Waals surface area contributed by atoms with Gasteiger partial charge in [-0.15, -0.1) is 0 Å². The number of aryl methyl sites for hydroxylation is 1. The fraction of sp³-hybridized carbons (Fsp3) is 0.375. The standard InChI is InChI=1S/C8H12N/c1-3-8-6-5-7-9(8)4-2/h5-7H,1,3-4H2,2H3. The molecule has 1 aromatic rings. The highest BCUT2D eigenvalue weighted by molar-refractivity contribution is 5.07. The first-order valence-corrected chi connectivity index (χ1v) is 3.31. The van der Waals surface area contributed by atoms with Crippen molar-refractivity contribution in [2.45, 2.75) is 19.9 Å². The molecule has 0 aliphatic rings. The largest absolute Gasteiger partial charge is 0.352 e. The van der Waals surface area contributed by atoms with E-state index in [9.17, 15) is 0 Å². The molecule has 0 aromatic carbocycles. The fourth-order valence-corrected chi connectivity index (χ4v) is 0.985. The fourth-order valence-electron chi connectivity index (χ4n) is 0.985. The lowest BCUT2D eigenvalue weighted by Gasteiger charge is -2.01. The van der Waals surface area contributed by atoms with Gasteiger partial charge < -0.3 is 4.57 Å². The molecule has 0 fully saturated rings. The molecule has 0 saturated carbocycles. The van der Waals surface area contributed by atoms with Crippen LogP contribution in [0.1, 0.15) is 12.6 Å². The van der Waals surface area contributed by atoms with E-state index in [2.05, 4.69) is 36.7 Å². The third-order valence-electron chi connectivity index (χ3n) is 1.52. The van der Waals surface area contributed by atoms with Crippen molar-refractivity contribution in [2.75, 3.05) is 0 Å². The van der Waals surface area contributed by atoms with Gasteiger partial charge in [-0.05, 0) is 32.4 Å². The molecule has 0 saturated heterocycles. The van der Waals surface area contributed by atoms with E-state index in [1.54, 1.807) is 0 Å². The number of rotatable bonds is 2. The molecule has 1 nitrogen and oxygen atoms in total. The third-order valence-corrected chi connectivity index (χ3v) is 1.52. The molecule has 9 heavy (non-hydrogen) atoms. The van der Waals surface area contributed by atoms with Gasteiger partial charge in [-0.1, -0.05) is 0 Å². The number of hydrogen-bond donors (Lipinski definition) is 0. The Morgan fingerprint density at radius 2 is 2.44 bits per heavy atom. The molecular formula is C8H12N. The maximum absolute atomic E-state index is 3.82. The Morgan fingerprint density at radius 1 is 1.67 bits per heavy atom. The first-order valence-electron chi connectivity index (χ1n) is 3.31. The highest BCUT2D eigenvalue weighted by Crippen LogP contribution is 2.01. The second-order valence-electron chi connectivity index (χ2n) is 2.04. The molecule has 0 amide bonds. The Kier molecular flexibility index (Phi) is 1.93. The van der Waals surface area contributed by atoms with E-state index in [0.29, 0.717) is 0 Å². The van der Waals surface area contributed by atoms with Crippen LogP contribution in [0.2, 0.25) is 0 Å². The van der Waals surface area contributed by atoms with E-state index < -0.39 is 0 Å². The van der Waals surface area contributed by atoms with Crippen LogP contribution in [0.5, 0.6) is 0 Å². The lowest BCUT2D eigenvalue weighted by atomic mass is 10.3. The summed E-state index contributed by atoms with van der Waals surface area (Å²) < 4.78 is 2.20. The molecule has 0 aliphatic carbocycles. The summed E-state index contributed by atoms with van der Waals surface area (Å²) in [6.45, 7) is 7.01. The van der Waals surface area contributed by atoms with Crippen LogP contribution in [-0.2, 0) is 13.0 Å². The summed E-state index contributed by atoms with van der Waals surface area (Å²) in [5.41, 5.74) is 1.32. The summed E-state index contributed by atoms with van der Waals surface area (Å²) in [4.78, 5) is 0. The molecule has 1 rings (SSSR count). The van der Waals surface area contributed by atoms with Crippen LogP contribution in [0.15, 0.2) is 18.3 Å². The second kappa shape index (κ2) is 2.72. The van der Waals surface area contributed by atoms with Crippen LogP contribution in [0, 0.1) is 6.92 Å². The Balaban J connectivity index is 2.85. The summed E-state index contributed by atoms with van der Waals surface area (Å²) in [5.74, 6) is 0. The van der Waals surface area contributed by atoms with Crippen molar-refractivity contribution in [3.05, 3.63) is 30.9 Å². The van der Waals surface area contributed by atoms with E-state index >= 15 is 0 Å². The van der Waals surface area contributed by atoms with Gasteiger partial charge in [0.05, 0.1) is 0 Å². The van der Waals surface area contributed by atoms with E-state index in [0.717, 1.165) is 13.0 Å². The van der Waals surface area contributed by atoms with Gasteiger partial charge in [0.2, 0.25) is 0 Å². The van der Waals surface area contributed by atoms with Crippen LogP contribution >= 0.6 is 0 Å². The predicted octanol–water partition coefficient (Wildman–Crippen LogP) is 1.88. The van der Waals surface area contributed by atoms with Crippen molar-refractivity contribution in [1.82, 2.24) is 4.57 Å². The van der Waals surface area contributed by atoms with Crippen molar-refractivity contribution >= 4 is 0 Å². The van der Waals surface area contributed by atoms with Crippen molar-refractivity contribution in [3.8, 4) is 0 Å². The number of hydrogen-bond acceptors (Lipinski definition) is 0. The van der Waals surface area contributed by atoms with Gasteiger partial charge in [-0.2, -0.15) is 0 Å². The van der Waals surface area contributed by atoms with Gasteiger partial charge in [-0.25, -0.2) is 0 Å². The second-order valence-corrected chi connectivity index (χ2v) is 2.04. The first kappa shape index (κ1) is 6.40. The van der Waals surface area contributed by atoms with Crippen LogP contribution in [0.3, 0.4) is 0 Å². The van der Waals surface area contributed by atoms with Crippen LogP contribution in [-0.4, -0.2) is 4.57 Å². The van der Waals surface area contributed by atoms with Crippen molar-refractivity contribution < 1.29 is 0 Å². The molecule has 0 bridgehead atoms. The molecular weight excluding hydrogens is 110 g/mol. The molecule has 1 heterocycles. The molecule has 1 aromatic heterocycles. The molecule has 49 valence electrons. The zero-order valence-corrected chi connectivity index (χ0v) is 5.80. The van der Waals surface area contributed by atoms with Crippen LogP contribution < -0.4 is 0 Å². The minimum atomic E-state index is 0.890. The zero-order chi connectivity index (χ0) is 6.69. The summed E-state index contributed by atoms with van der Waals surface area (Å²) in [5, 5.41) is 0. The van der Waals surface area contributed by atoms with E-state index in [1.807, 2.05) is 0 Å². The topological polar surface area (TPSA) is 4.93 Å². The smallest absolute Gasteiger partial charge is 0.0193 e. The number of aromatic nitrogens is 1. The highest BCUT2D eigenvalue weighted by Gasteiger charge is 1.92. The van der Waals surface area contributed by atoms with Gasteiger partial charge in [0, 0.05) is 18.4 Å². The predicted molar refractivity (Wildman–Crippen MR) is 39.2 cm³/mol. The number of nitrogens with zero attached hydrogens (tertiary/aromatic N) is 1. The Labute approximate surface area is 56.3 Å². The monoisotopic (exact) mass is 122 g/mol. The minimum Gasteiger partial charge on any atom is -0.352 e. The normalized spacial score (nSPS) is 10.0.